The molecule has 0 saturated heterocycles. The van der Waals surface area contributed by atoms with Gasteiger partial charge in [-0.05, 0) is 26.0 Å². The van der Waals surface area contributed by atoms with Crippen LogP contribution in [0.1, 0.15) is 32.4 Å². The number of nitrogens with one attached hydrogen (secondary N) is 1. The summed E-state index contributed by atoms with van der Waals surface area (Å²) in [6.45, 7) is 9.09. The van der Waals surface area contributed by atoms with Gasteiger partial charge in [-0.2, -0.15) is 0 Å². The zero-order valence-corrected chi connectivity index (χ0v) is 11.7. The molecule has 3 heteroatoms. The number of hydrogen-bond donors (Lipinski definition) is 1. The van der Waals surface area contributed by atoms with E-state index in [4.69, 9.17) is 9.47 Å². The van der Waals surface area contributed by atoms with Gasteiger partial charge in [-0.3, -0.25) is 0 Å². The SMILES string of the molecule is CCNC(COCCOC(C)C)c1ccccc1. The fourth-order valence-electron chi connectivity index (χ4n) is 1.75. The first kappa shape index (κ1) is 15.2. The molecule has 0 heterocycles. The van der Waals surface area contributed by atoms with E-state index in [1.165, 1.54) is 5.56 Å². The van der Waals surface area contributed by atoms with Crippen LogP contribution in [0.2, 0.25) is 0 Å². The van der Waals surface area contributed by atoms with Gasteiger partial charge in [-0.15, -0.1) is 0 Å². The van der Waals surface area contributed by atoms with Gasteiger partial charge in [0.25, 0.3) is 0 Å². The van der Waals surface area contributed by atoms with Crippen molar-refractivity contribution < 1.29 is 9.47 Å². The lowest BCUT2D eigenvalue weighted by Crippen LogP contribution is -2.26. The van der Waals surface area contributed by atoms with Crippen molar-refractivity contribution in [3.05, 3.63) is 35.9 Å². The minimum absolute atomic E-state index is 0.259. The predicted octanol–water partition coefficient (Wildman–Crippen LogP) is 2.78. The topological polar surface area (TPSA) is 30.5 Å². The number of hydrogen-bond acceptors (Lipinski definition) is 3. The quantitative estimate of drug-likeness (QED) is 0.685. The monoisotopic (exact) mass is 251 g/mol. The Morgan fingerprint density at radius 1 is 1.11 bits per heavy atom. The van der Waals surface area contributed by atoms with Gasteiger partial charge < -0.3 is 14.8 Å². The molecule has 102 valence electrons. The van der Waals surface area contributed by atoms with Crippen LogP contribution in [0.25, 0.3) is 0 Å². The summed E-state index contributed by atoms with van der Waals surface area (Å²) in [4.78, 5) is 0. The molecule has 0 bridgehead atoms. The third kappa shape index (κ3) is 6.15. The first-order chi connectivity index (χ1) is 8.74. The van der Waals surface area contributed by atoms with Crippen LogP contribution < -0.4 is 5.32 Å². The van der Waals surface area contributed by atoms with Crippen molar-refractivity contribution in [2.75, 3.05) is 26.4 Å². The van der Waals surface area contributed by atoms with Gasteiger partial charge in [0, 0.05) is 0 Å². The highest BCUT2D eigenvalue weighted by atomic mass is 16.5. The van der Waals surface area contributed by atoms with E-state index in [0.29, 0.717) is 19.8 Å². The second-order valence-electron chi connectivity index (χ2n) is 4.52. The van der Waals surface area contributed by atoms with E-state index in [2.05, 4.69) is 36.5 Å². The van der Waals surface area contributed by atoms with E-state index in [0.717, 1.165) is 6.54 Å². The van der Waals surface area contributed by atoms with Crippen molar-refractivity contribution in [2.24, 2.45) is 0 Å². The Morgan fingerprint density at radius 2 is 1.83 bits per heavy atom. The molecule has 0 fully saturated rings. The summed E-state index contributed by atoms with van der Waals surface area (Å²) in [5, 5.41) is 3.43. The third-order valence-electron chi connectivity index (χ3n) is 2.62. The van der Waals surface area contributed by atoms with Crippen LogP contribution in [-0.2, 0) is 9.47 Å². The summed E-state index contributed by atoms with van der Waals surface area (Å²) >= 11 is 0. The average molecular weight is 251 g/mol. The third-order valence-corrected chi connectivity index (χ3v) is 2.62. The average Bonchev–Trinajstić information content (AvgIpc) is 2.38. The van der Waals surface area contributed by atoms with E-state index >= 15 is 0 Å². The van der Waals surface area contributed by atoms with Gasteiger partial charge in [0.1, 0.15) is 0 Å². The van der Waals surface area contributed by atoms with Gasteiger partial charge >= 0.3 is 0 Å². The summed E-state index contributed by atoms with van der Waals surface area (Å²) in [6.07, 6.45) is 0.271. The summed E-state index contributed by atoms with van der Waals surface area (Å²) in [5.41, 5.74) is 1.27. The van der Waals surface area contributed by atoms with Gasteiger partial charge in [0.15, 0.2) is 0 Å². The van der Waals surface area contributed by atoms with Gasteiger partial charge in [-0.25, -0.2) is 0 Å². The molecule has 1 unspecified atom stereocenters. The molecule has 0 aliphatic carbocycles. The van der Waals surface area contributed by atoms with E-state index in [9.17, 15) is 0 Å². The van der Waals surface area contributed by atoms with Crippen LogP contribution in [0, 0.1) is 0 Å². The Morgan fingerprint density at radius 3 is 2.44 bits per heavy atom. The van der Waals surface area contributed by atoms with Crippen molar-refractivity contribution in [3.63, 3.8) is 0 Å². The van der Waals surface area contributed by atoms with Crippen LogP contribution in [-0.4, -0.2) is 32.5 Å². The second kappa shape index (κ2) is 9.09. The van der Waals surface area contributed by atoms with Gasteiger partial charge in [0.2, 0.25) is 0 Å². The smallest absolute Gasteiger partial charge is 0.0703 e. The summed E-state index contributed by atoms with van der Waals surface area (Å²) in [6, 6.07) is 10.7. The van der Waals surface area contributed by atoms with Crippen molar-refractivity contribution in [2.45, 2.75) is 32.9 Å². The lowest BCUT2D eigenvalue weighted by atomic mass is 10.1. The minimum atomic E-state index is 0.259. The van der Waals surface area contributed by atoms with E-state index in [-0.39, 0.29) is 12.1 Å². The van der Waals surface area contributed by atoms with Crippen molar-refractivity contribution >= 4 is 0 Å². The molecule has 0 amide bonds. The molecule has 0 saturated carbocycles. The molecular weight excluding hydrogens is 226 g/mol. The molecule has 0 spiro atoms. The van der Waals surface area contributed by atoms with Crippen molar-refractivity contribution in [3.8, 4) is 0 Å². The molecule has 1 aromatic rings. The van der Waals surface area contributed by atoms with Gasteiger partial charge in [-0.1, -0.05) is 37.3 Å². The molecule has 0 aromatic heterocycles. The molecule has 1 N–H and O–H groups in total. The molecule has 18 heavy (non-hydrogen) atoms. The maximum Gasteiger partial charge on any atom is 0.0703 e. The Bertz CT molecular complexity index is 301. The predicted molar refractivity (Wildman–Crippen MR) is 74.8 cm³/mol. The van der Waals surface area contributed by atoms with Crippen molar-refractivity contribution in [1.29, 1.82) is 0 Å². The molecule has 0 radical (unpaired) electrons. The summed E-state index contributed by atoms with van der Waals surface area (Å²) in [5.74, 6) is 0. The number of likely N-dealkylation sites (N-methyl/N-ethyl adjacent to an activating group) is 1. The van der Waals surface area contributed by atoms with Crippen LogP contribution in [0.4, 0.5) is 0 Å². The number of ether oxygens (including phenoxy) is 2. The van der Waals surface area contributed by atoms with Crippen LogP contribution >= 0.6 is 0 Å². The highest BCUT2D eigenvalue weighted by Crippen LogP contribution is 2.12. The van der Waals surface area contributed by atoms with E-state index in [1.807, 2.05) is 19.9 Å². The van der Waals surface area contributed by atoms with Crippen LogP contribution in [0.5, 0.6) is 0 Å². The molecule has 1 aromatic carbocycles. The molecule has 0 aliphatic rings. The molecule has 3 nitrogen and oxygen atoms in total. The highest BCUT2D eigenvalue weighted by Gasteiger charge is 2.09. The first-order valence-corrected chi connectivity index (χ1v) is 6.71. The maximum atomic E-state index is 5.67. The number of rotatable bonds is 9. The number of benzene rings is 1. The molecule has 1 rings (SSSR count). The Balaban J connectivity index is 2.31. The second-order valence-corrected chi connectivity index (χ2v) is 4.52. The molecule has 1 atom stereocenters. The molecule has 0 aliphatic heterocycles. The van der Waals surface area contributed by atoms with Crippen molar-refractivity contribution in [1.82, 2.24) is 5.32 Å². The van der Waals surface area contributed by atoms with Crippen LogP contribution in [0.15, 0.2) is 30.3 Å². The Labute approximate surface area is 110 Å². The van der Waals surface area contributed by atoms with Gasteiger partial charge in [0.05, 0.1) is 32.0 Å². The standard InChI is InChI=1S/C15H25NO2/c1-4-16-15(14-8-6-5-7-9-14)12-17-10-11-18-13(2)3/h5-9,13,15-16H,4,10-12H2,1-3H3. The lowest BCUT2D eigenvalue weighted by Gasteiger charge is -2.18. The van der Waals surface area contributed by atoms with Crippen LogP contribution in [0.3, 0.4) is 0 Å². The Kier molecular flexibility index (Phi) is 7.65. The fourth-order valence-corrected chi connectivity index (χ4v) is 1.75. The normalized spacial score (nSPS) is 12.9. The largest absolute Gasteiger partial charge is 0.377 e. The highest BCUT2D eigenvalue weighted by molar-refractivity contribution is 5.18. The zero-order chi connectivity index (χ0) is 13.2. The Hall–Kier alpha value is -0.900. The van der Waals surface area contributed by atoms with E-state index < -0.39 is 0 Å². The summed E-state index contributed by atoms with van der Waals surface area (Å²) in [7, 11) is 0. The zero-order valence-electron chi connectivity index (χ0n) is 11.7. The first-order valence-electron chi connectivity index (χ1n) is 6.71. The maximum absolute atomic E-state index is 5.67. The lowest BCUT2D eigenvalue weighted by molar-refractivity contribution is 0.0138. The minimum Gasteiger partial charge on any atom is -0.377 e. The van der Waals surface area contributed by atoms with E-state index in [1.54, 1.807) is 0 Å². The fraction of sp³-hybridized carbons (Fsp3) is 0.600. The molecular formula is C15H25NO2. The summed E-state index contributed by atoms with van der Waals surface area (Å²) < 4.78 is 11.1.